The lowest BCUT2D eigenvalue weighted by Gasteiger charge is -2.41. The van der Waals surface area contributed by atoms with E-state index in [1.807, 2.05) is 18.7 Å². The van der Waals surface area contributed by atoms with E-state index in [-0.39, 0.29) is 22.0 Å². The first-order valence-electron chi connectivity index (χ1n) is 9.58. The molecule has 0 amide bonds. The number of aromatic nitrogens is 2. The first kappa shape index (κ1) is 20.4. The van der Waals surface area contributed by atoms with Gasteiger partial charge in [-0.1, -0.05) is 40.5 Å². The topological polar surface area (TPSA) is 52.1 Å². The minimum atomic E-state index is -0.298. The van der Waals surface area contributed by atoms with Gasteiger partial charge in [-0.15, -0.1) is 22.0 Å². The van der Waals surface area contributed by atoms with Gasteiger partial charge >= 0.3 is 5.97 Å². The molecule has 28 heavy (non-hydrogen) atoms. The molecule has 0 spiro atoms. The van der Waals surface area contributed by atoms with Crippen LogP contribution in [0.2, 0.25) is 0 Å². The zero-order valence-corrected chi connectivity index (χ0v) is 17.9. The van der Waals surface area contributed by atoms with Gasteiger partial charge in [-0.05, 0) is 54.0 Å². The van der Waals surface area contributed by atoms with Crippen molar-refractivity contribution in [1.29, 1.82) is 0 Å². The predicted molar refractivity (Wildman–Crippen MR) is 113 cm³/mol. The van der Waals surface area contributed by atoms with Crippen LogP contribution < -0.4 is 4.74 Å². The van der Waals surface area contributed by atoms with Crippen LogP contribution in [0.15, 0.2) is 35.2 Å². The molecule has 1 aromatic carbocycles. The van der Waals surface area contributed by atoms with E-state index < -0.39 is 0 Å². The summed E-state index contributed by atoms with van der Waals surface area (Å²) in [5.41, 5.74) is 2.98. The molecule has 2 heterocycles. The van der Waals surface area contributed by atoms with E-state index in [4.69, 9.17) is 4.74 Å². The average molecular weight is 395 g/mol. The number of fused-ring (bicyclic) bond motifs is 1. The summed E-state index contributed by atoms with van der Waals surface area (Å²) < 4.78 is 5.35. The minimum Gasteiger partial charge on any atom is -0.406 e. The zero-order chi connectivity index (χ0) is 20.4. The second kappa shape index (κ2) is 7.97. The molecule has 0 aliphatic carbocycles. The van der Waals surface area contributed by atoms with Crippen LogP contribution in [-0.2, 0) is 10.2 Å². The molecule has 0 saturated heterocycles. The third-order valence-electron chi connectivity index (χ3n) is 4.61. The van der Waals surface area contributed by atoms with Crippen LogP contribution >= 0.6 is 11.8 Å². The van der Waals surface area contributed by atoms with Crippen LogP contribution in [0.25, 0.3) is 0 Å². The number of esters is 1. The van der Waals surface area contributed by atoms with Crippen molar-refractivity contribution in [2.45, 2.75) is 68.9 Å². The van der Waals surface area contributed by atoms with E-state index >= 15 is 0 Å². The van der Waals surface area contributed by atoms with Gasteiger partial charge in [-0.3, -0.25) is 4.79 Å². The van der Waals surface area contributed by atoms with E-state index in [2.05, 4.69) is 67.9 Å². The summed E-state index contributed by atoms with van der Waals surface area (Å²) in [5.74, 6) is 6.14. The molecule has 0 N–H and O–H groups in total. The highest BCUT2D eigenvalue weighted by atomic mass is 32.2. The molecule has 5 heteroatoms. The van der Waals surface area contributed by atoms with E-state index in [1.54, 1.807) is 12.1 Å². The third-order valence-corrected chi connectivity index (χ3v) is 5.88. The van der Waals surface area contributed by atoms with Gasteiger partial charge in [0.05, 0.1) is 0 Å². The normalized spacial score (nSPS) is 16.5. The average Bonchev–Trinajstić information content (AvgIpc) is 2.60. The van der Waals surface area contributed by atoms with Crippen molar-refractivity contribution >= 4 is 17.7 Å². The Hall–Kier alpha value is -2.32. The fraction of sp³-hybridized carbons (Fsp3) is 0.435. The Bertz CT molecular complexity index is 937. The summed E-state index contributed by atoms with van der Waals surface area (Å²) in [6.07, 6.45) is 2.23. The largest absolute Gasteiger partial charge is 0.406 e. The lowest BCUT2D eigenvalue weighted by Crippen LogP contribution is -2.33. The lowest BCUT2D eigenvalue weighted by molar-refractivity contribution is -0.134. The van der Waals surface area contributed by atoms with Crippen LogP contribution in [0.3, 0.4) is 0 Å². The molecule has 0 saturated carbocycles. The van der Waals surface area contributed by atoms with Crippen LogP contribution in [0.4, 0.5) is 0 Å². The van der Waals surface area contributed by atoms with Crippen molar-refractivity contribution in [2.75, 3.05) is 0 Å². The maximum Gasteiger partial charge on any atom is 0.312 e. The van der Waals surface area contributed by atoms with Crippen molar-refractivity contribution < 1.29 is 9.53 Å². The Morgan fingerprint density at radius 1 is 1.14 bits per heavy atom. The van der Waals surface area contributed by atoms with Gasteiger partial charge in [-0.2, -0.15) is 0 Å². The van der Waals surface area contributed by atoms with Gasteiger partial charge in [-0.25, -0.2) is 0 Å². The number of rotatable bonds is 3. The van der Waals surface area contributed by atoms with Crippen molar-refractivity contribution in [3.8, 4) is 17.7 Å². The Labute approximate surface area is 171 Å². The molecule has 0 unspecified atom stereocenters. The van der Waals surface area contributed by atoms with Gasteiger partial charge in [0.15, 0.2) is 0 Å². The fourth-order valence-electron chi connectivity index (χ4n) is 3.67. The molecule has 1 aromatic heterocycles. The van der Waals surface area contributed by atoms with Gasteiger partial charge in [0.1, 0.15) is 5.69 Å². The van der Waals surface area contributed by atoms with E-state index in [9.17, 15) is 4.79 Å². The minimum absolute atomic E-state index is 0.117. The Morgan fingerprint density at radius 2 is 1.93 bits per heavy atom. The number of carbonyl (C=O) groups is 1. The number of nitrogens with zero attached hydrogens (tertiary/aromatic N) is 2. The summed E-state index contributed by atoms with van der Waals surface area (Å²) in [5, 5.41) is 7.96. The molecule has 1 aliphatic heterocycles. The molecule has 0 bridgehead atoms. The predicted octanol–water partition coefficient (Wildman–Crippen LogP) is 5.13. The van der Waals surface area contributed by atoms with Crippen molar-refractivity contribution in [2.24, 2.45) is 0 Å². The monoisotopic (exact) mass is 394 g/mol. The first-order chi connectivity index (χ1) is 13.2. The zero-order valence-electron chi connectivity index (χ0n) is 17.1. The highest BCUT2D eigenvalue weighted by Crippen LogP contribution is 2.50. The van der Waals surface area contributed by atoms with Crippen molar-refractivity contribution in [3.05, 3.63) is 47.2 Å². The second-order valence-corrected chi connectivity index (χ2v) is 10.1. The second-order valence-electron chi connectivity index (χ2n) is 8.36. The Balaban J connectivity index is 1.77. The third kappa shape index (κ3) is 4.94. The fourth-order valence-corrected chi connectivity index (χ4v) is 5.28. The maximum atomic E-state index is 11.5. The molecule has 0 atom stereocenters. The number of hydrogen-bond donors (Lipinski definition) is 0. The SMILES string of the molecule is CCCC(=O)Oc1ccc(C#Cc2ccc3c(c2)C(C)(C)CC(C)(C)S3)nn1. The van der Waals surface area contributed by atoms with Crippen LogP contribution in [-0.4, -0.2) is 20.9 Å². The smallest absolute Gasteiger partial charge is 0.312 e. The number of benzene rings is 1. The summed E-state index contributed by atoms with van der Waals surface area (Å²) in [7, 11) is 0. The van der Waals surface area contributed by atoms with Crippen molar-refractivity contribution in [1.82, 2.24) is 10.2 Å². The summed E-state index contributed by atoms with van der Waals surface area (Å²) >= 11 is 1.94. The molecular formula is C23H26N2O2S. The summed E-state index contributed by atoms with van der Waals surface area (Å²) in [4.78, 5) is 12.8. The molecule has 146 valence electrons. The lowest BCUT2D eigenvalue weighted by atomic mass is 9.76. The molecule has 2 aromatic rings. The number of thioether (sulfide) groups is 1. The molecule has 0 fully saturated rings. The highest BCUT2D eigenvalue weighted by molar-refractivity contribution is 8.00. The van der Waals surface area contributed by atoms with E-state index in [1.165, 1.54) is 10.5 Å². The van der Waals surface area contributed by atoms with Gasteiger partial charge in [0, 0.05) is 27.7 Å². The number of hydrogen-bond acceptors (Lipinski definition) is 5. The molecule has 3 rings (SSSR count). The van der Waals surface area contributed by atoms with Gasteiger partial charge in [0.2, 0.25) is 5.88 Å². The maximum absolute atomic E-state index is 11.5. The van der Waals surface area contributed by atoms with Crippen LogP contribution in [0.5, 0.6) is 5.88 Å². The Kier molecular flexibility index (Phi) is 5.81. The highest BCUT2D eigenvalue weighted by Gasteiger charge is 2.37. The quantitative estimate of drug-likeness (QED) is 0.533. The summed E-state index contributed by atoms with van der Waals surface area (Å²) in [6, 6.07) is 9.77. The molecular weight excluding hydrogens is 368 g/mol. The molecule has 4 nitrogen and oxygen atoms in total. The number of ether oxygens (including phenoxy) is 1. The molecule has 0 radical (unpaired) electrons. The standard InChI is InChI=1S/C23H26N2O2S/c1-6-7-21(26)27-20-13-11-17(24-25-20)10-8-16-9-12-19-18(14-16)22(2,3)15-23(4,5)28-19/h9,11-14H,6-7,15H2,1-5H3. The molecule has 1 aliphatic rings. The van der Waals surface area contributed by atoms with E-state index in [0.717, 1.165) is 18.4 Å². The van der Waals surface area contributed by atoms with Crippen LogP contribution in [0, 0.1) is 11.8 Å². The van der Waals surface area contributed by atoms with Crippen LogP contribution in [0.1, 0.15) is 70.7 Å². The first-order valence-corrected chi connectivity index (χ1v) is 10.4. The van der Waals surface area contributed by atoms with E-state index in [0.29, 0.717) is 12.1 Å². The number of carbonyl (C=O) groups excluding carboxylic acids is 1. The van der Waals surface area contributed by atoms with Gasteiger partial charge in [0.25, 0.3) is 0 Å². The van der Waals surface area contributed by atoms with Gasteiger partial charge < -0.3 is 4.74 Å². The van der Waals surface area contributed by atoms with Crippen molar-refractivity contribution in [3.63, 3.8) is 0 Å². The Morgan fingerprint density at radius 3 is 2.61 bits per heavy atom. The summed E-state index contributed by atoms with van der Waals surface area (Å²) in [6.45, 7) is 11.1.